The Kier molecular flexibility index (Phi) is 4.61. The number of benzene rings is 1. The van der Waals surface area contributed by atoms with Gasteiger partial charge in [-0.3, -0.25) is 4.79 Å². The van der Waals surface area contributed by atoms with Crippen molar-refractivity contribution in [3.63, 3.8) is 0 Å². The summed E-state index contributed by atoms with van der Waals surface area (Å²) < 4.78 is 5.34. The van der Waals surface area contributed by atoms with Gasteiger partial charge in [-0.25, -0.2) is 9.97 Å². The highest BCUT2D eigenvalue weighted by Gasteiger charge is 2.28. The van der Waals surface area contributed by atoms with E-state index in [1.807, 2.05) is 11.0 Å². The second-order valence-electron chi connectivity index (χ2n) is 6.52. The first kappa shape index (κ1) is 16.0. The van der Waals surface area contributed by atoms with Gasteiger partial charge in [0.25, 0.3) is 5.91 Å². The Bertz CT molecular complexity index is 714. The van der Waals surface area contributed by atoms with Crippen LogP contribution in [0.3, 0.4) is 0 Å². The van der Waals surface area contributed by atoms with Gasteiger partial charge >= 0.3 is 0 Å². The molecule has 0 radical (unpaired) electrons. The van der Waals surface area contributed by atoms with Crippen LogP contribution in [-0.2, 0) is 4.74 Å². The van der Waals surface area contributed by atoms with Gasteiger partial charge in [-0.05, 0) is 12.0 Å². The molecule has 0 aliphatic carbocycles. The van der Waals surface area contributed by atoms with E-state index in [0.717, 1.165) is 32.6 Å². The molecule has 25 heavy (non-hydrogen) atoms. The predicted molar refractivity (Wildman–Crippen MR) is 94.8 cm³/mol. The molecule has 0 spiro atoms. The minimum absolute atomic E-state index is 0.0203. The van der Waals surface area contributed by atoms with E-state index in [4.69, 9.17) is 4.74 Å². The summed E-state index contributed by atoms with van der Waals surface area (Å²) in [5, 5.41) is 0. The standard InChI is InChI=1S/C19H22N4O2/c24-18(23-7-6-16(14-23)15-4-2-1-3-5-15)17-12-20-19(21-13-17)22-8-10-25-11-9-22/h1-5,12-13,16H,6-11,14H2/t16-/m0/s1. The topological polar surface area (TPSA) is 58.6 Å². The highest BCUT2D eigenvalue weighted by molar-refractivity contribution is 5.94. The summed E-state index contributed by atoms with van der Waals surface area (Å²) in [6.07, 6.45) is 4.30. The molecule has 0 unspecified atom stereocenters. The molecule has 2 aliphatic rings. The largest absolute Gasteiger partial charge is 0.378 e. The summed E-state index contributed by atoms with van der Waals surface area (Å²) in [5.41, 5.74) is 1.86. The van der Waals surface area contributed by atoms with Crippen LogP contribution in [0.25, 0.3) is 0 Å². The van der Waals surface area contributed by atoms with Gasteiger partial charge in [0.05, 0.1) is 18.8 Å². The third kappa shape index (κ3) is 3.49. The van der Waals surface area contributed by atoms with Gasteiger partial charge in [-0.2, -0.15) is 0 Å². The van der Waals surface area contributed by atoms with Crippen LogP contribution in [0.1, 0.15) is 28.3 Å². The van der Waals surface area contributed by atoms with E-state index < -0.39 is 0 Å². The number of carbonyl (C=O) groups is 1. The average molecular weight is 338 g/mol. The monoisotopic (exact) mass is 338 g/mol. The van der Waals surface area contributed by atoms with Crippen molar-refractivity contribution in [3.8, 4) is 0 Å². The number of hydrogen-bond acceptors (Lipinski definition) is 5. The van der Waals surface area contributed by atoms with Crippen LogP contribution in [0.2, 0.25) is 0 Å². The van der Waals surface area contributed by atoms with E-state index in [-0.39, 0.29) is 5.91 Å². The molecule has 0 N–H and O–H groups in total. The molecule has 130 valence electrons. The van der Waals surface area contributed by atoms with Gasteiger partial charge in [0, 0.05) is 44.5 Å². The van der Waals surface area contributed by atoms with Crippen molar-refractivity contribution in [2.75, 3.05) is 44.3 Å². The summed E-state index contributed by atoms with van der Waals surface area (Å²) in [6, 6.07) is 10.4. The van der Waals surface area contributed by atoms with Crippen molar-refractivity contribution >= 4 is 11.9 Å². The Labute approximate surface area is 147 Å². The maximum absolute atomic E-state index is 12.7. The minimum atomic E-state index is 0.0203. The van der Waals surface area contributed by atoms with E-state index in [1.54, 1.807) is 12.4 Å². The molecule has 0 saturated carbocycles. The lowest BCUT2D eigenvalue weighted by Crippen LogP contribution is -2.37. The minimum Gasteiger partial charge on any atom is -0.378 e. The van der Waals surface area contributed by atoms with Crippen LogP contribution in [0.4, 0.5) is 5.95 Å². The highest BCUT2D eigenvalue weighted by Crippen LogP contribution is 2.27. The van der Waals surface area contributed by atoms with Crippen molar-refractivity contribution in [1.82, 2.24) is 14.9 Å². The molecule has 1 aromatic carbocycles. The first-order valence-corrected chi connectivity index (χ1v) is 8.80. The number of amides is 1. The highest BCUT2D eigenvalue weighted by atomic mass is 16.5. The number of hydrogen-bond donors (Lipinski definition) is 0. The fourth-order valence-electron chi connectivity index (χ4n) is 3.48. The molecule has 2 saturated heterocycles. The van der Waals surface area contributed by atoms with Crippen LogP contribution < -0.4 is 4.90 Å². The quantitative estimate of drug-likeness (QED) is 0.856. The molecular formula is C19H22N4O2. The lowest BCUT2D eigenvalue weighted by atomic mass is 9.99. The number of carbonyl (C=O) groups excluding carboxylic acids is 1. The maximum atomic E-state index is 12.7. The molecule has 6 heteroatoms. The summed E-state index contributed by atoms with van der Waals surface area (Å²) in [6.45, 7) is 4.51. The first-order chi connectivity index (χ1) is 12.3. The SMILES string of the molecule is O=C(c1cnc(N2CCOCC2)nc1)N1CC[C@H](c2ccccc2)C1. The zero-order valence-electron chi connectivity index (χ0n) is 14.2. The van der Waals surface area contributed by atoms with Crippen LogP contribution in [0.5, 0.6) is 0 Å². The molecule has 0 bridgehead atoms. The molecule has 1 atom stereocenters. The van der Waals surface area contributed by atoms with Crippen molar-refractivity contribution in [3.05, 3.63) is 53.9 Å². The molecule has 2 fully saturated rings. The number of anilines is 1. The van der Waals surface area contributed by atoms with Gasteiger partial charge in [0.2, 0.25) is 5.95 Å². The zero-order chi connectivity index (χ0) is 17.1. The fraction of sp³-hybridized carbons (Fsp3) is 0.421. The normalized spacial score (nSPS) is 20.7. The Morgan fingerprint density at radius 3 is 2.48 bits per heavy atom. The van der Waals surface area contributed by atoms with Crippen LogP contribution in [-0.4, -0.2) is 60.2 Å². The average Bonchev–Trinajstić information content (AvgIpc) is 3.19. The first-order valence-electron chi connectivity index (χ1n) is 8.80. The van der Waals surface area contributed by atoms with Gasteiger partial charge in [-0.1, -0.05) is 30.3 Å². The number of ether oxygens (including phenoxy) is 1. The van der Waals surface area contributed by atoms with Crippen molar-refractivity contribution in [2.24, 2.45) is 0 Å². The van der Waals surface area contributed by atoms with Crippen LogP contribution in [0.15, 0.2) is 42.7 Å². The Morgan fingerprint density at radius 1 is 1.04 bits per heavy atom. The smallest absolute Gasteiger partial charge is 0.257 e. The Balaban J connectivity index is 1.41. The molecule has 6 nitrogen and oxygen atoms in total. The van der Waals surface area contributed by atoms with E-state index in [9.17, 15) is 4.79 Å². The number of likely N-dealkylation sites (tertiary alicyclic amines) is 1. The lowest BCUT2D eigenvalue weighted by Gasteiger charge is -2.26. The molecule has 4 rings (SSSR count). The summed E-state index contributed by atoms with van der Waals surface area (Å²) in [7, 11) is 0. The molecule has 2 aromatic rings. The third-order valence-electron chi connectivity index (χ3n) is 4.93. The van der Waals surface area contributed by atoms with Gasteiger partial charge in [0.15, 0.2) is 0 Å². The number of aromatic nitrogens is 2. The van der Waals surface area contributed by atoms with E-state index in [0.29, 0.717) is 30.6 Å². The third-order valence-corrected chi connectivity index (χ3v) is 4.93. The van der Waals surface area contributed by atoms with E-state index in [2.05, 4.69) is 39.1 Å². The van der Waals surface area contributed by atoms with Gasteiger partial charge in [-0.15, -0.1) is 0 Å². The molecule has 1 aromatic heterocycles. The molecule has 2 aliphatic heterocycles. The number of rotatable bonds is 3. The maximum Gasteiger partial charge on any atom is 0.257 e. The predicted octanol–water partition coefficient (Wildman–Crippen LogP) is 1.94. The Hall–Kier alpha value is -2.47. The summed E-state index contributed by atoms with van der Waals surface area (Å²) in [5.74, 6) is 1.11. The van der Waals surface area contributed by atoms with Crippen LogP contribution in [0, 0.1) is 0 Å². The molecular weight excluding hydrogens is 316 g/mol. The van der Waals surface area contributed by atoms with Crippen molar-refractivity contribution in [1.29, 1.82) is 0 Å². The lowest BCUT2D eigenvalue weighted by molar-refractivity contribution is 0.0790. The second-order valence-corrected chi connectivity index (χ2v) is 6.52. The summed E-state index contributed by atoms with van der Waals surface area (Å²) in [4.78, 5) is 25.5. The molecule has 3 heterocycles. The molecule has 1 amide bonds. The number of nitrogens with zero attached hydrogens (tertiary/aromatic N) is 4. The van der Waals surface area contributed by atoms with Crippen LogP contribution >= 0.6 is 0 Å². The van der Waals surface area contributed by atoms with Crippen molar-refractivity contribution < 1.29 is 9.53 Å². The van der Waals surface area contributed by atoms with Crippen molar-refractivity contribution in [2.45, 2.75) is 12.3 Å². The Morgan fingerprint density at radius 2 is 1.76 bits per heavy atom. The van der Waals surface area contributed by atoms with Gasteiger partial charge in [0.1, 0.15) is 0 Å². The fourth-order valence-corrected chi connectivity index (χ4v) is 3.48. The number of morpholine rings is 1. The van der Waals surface area contributed by atoms with E-state index in [1.165, 1.54) is 5.56 Å². The van der Waals surface area contributed by atoms with E-state index >= 15 is 0 Å². The second kappa shape index (κ2) is 7.19. The summed E-state index contributed by atoms with van der Waals surface area (Å²) >= 11 is 0. The zero-order valence-corrected chi connectivity index (χ0v) is 14.2. The van der Waals surface area contributed by atoms with Gasteiger partial charge < -0.3 is 14.5 Å².